The minimum absolute atomic E-state index is 0.230. The largest absolute Gasteiger partial charge is 0.472 e. The van der Waals surface area contributed by atoms with Crippen molar-refractivity contribution >= 4 is 17.5 Å². The molecular weight excluding hydrogens is 262 g/mol. The molecule has 1 aliphatic heterocycles. The summed E-state index contributed by atoms with van der Waals surface area (Å²) in [5.74, 6) is 0.112. The van der Waals surface area contributed by atoms with Gasteiger partial charge < -0.3 is 14.9 Å². The van der Waals surface area contributed by atoms with E-state index < -0.39 is 10.5 Å². The van der Waals surface area contributed by atoms with Crippen LogP contribution in [0.25, 0.3) is 0 Å². The van der Waals surface area contributed by atoms with Gasteiger partial charge in [-0.25, -0.2) is 0 Å². The van der Waals surface area contributed by atoms with Crippen molar-refractivity contribution in [1.82, 2.24) is 4.98 Å². The number of anilines is 1. The molecule has 0 spiro atoms. The number of hydrogen-bond donors (Lipinski definition) is 0. The molecule has 7 nitrogen and oxygen atoms in total. The van der Waals surface area contributed by atoms with Gasteiger partial charge in [0.15, 0.2) is 11.4 Å². The molecule has 1 aromatic rings. The maximum atomic E-state index is 12.4. The average molecular weight is 279 g/mol. The highest BCUT2D eigenvalue weighted by atomic mass is 16.6. The lowest BCUT2D eigenvalue weighted by molar-refractivity contribution is -0.389. The summed E-state index contributed by atoms with van der Waals surface area (Å²) >= 11 is 0. The zero-order valence-electron chi connectivity index (χ0n) is 11.8. The van der Waals surface area contributed by atoms with Crippen LogP contribution in [0.15, 0.2) is 12.1 Å². The summed E-state index contributed by atoms with van der Waals surface area (Å²) in [5.41, 5.74) is -0.988. The molecule has 0 radical (unpaired) electrons. The van der Waals surface area contributed by atoms with E-state index in [1.807, 2.05) is 6.92 Å². The average Bonchev–Trinajstić information content (AvgIpc) is 2.38. The summed E-state index contributed by atoms with van der Waals surface area (Å²) in [6.07, 6.45) is 1.71. The lowest BCUT2D eigenvalue weighted by atomic mass is 10.0. The highest BCUT2D eigenvalue weighted by Crippen LogP contribution is 2.37. The smallest absolute Gasteiger partial charge is 0.366 e. The van der Waals surface area contributed by atoms with Gasteiger partial charge in [0.05, 0.1) is 0 Å². The van der Waals surface area contributed by atoms with Gasteiger partial charge in [-0.1, -0.05) is 13.3 Å². The Morgan fingerprint density at radius 1 is 1.45 bits per heavy atom. The summed E-state index contributed by atoms with van der Waals surface area (Å²) in [5, 5.41) is 10.8. The molecule has 108 valence electrons. The third kappa shape index (κ3) is 2.43. The standard InChI is InChI=1S/C13H17N3O4/c1-4-5-8-15-11-9(20-13(2,3)12(15)17)6-7-10(14-11)16(18)19/h6-7H,4-5,8H2,1-3H3. The maximum Gasteiger partial charge on any atom is 0.366 e. The van der Waals surface area contributed by atoms with Gasteiger partial charge >= 0.3 is 5.82 Å². The lowest BCUT2D eigenvalue weighted by Crippen LogP contribution is -2.53. The molecule has 0 saturated carbocycles. The van der Waals surface area contributed by atoms with Gasteiger partial charge in [0.25, 0.3) is 11.7 Å². The van der Waals surface area contributed by atoms with E-state index in [0.717, 1.165) is 12.8 Å². The van der Waals surface area contributed by atoms with E-state index in [-0.39, 0.29) is 17.5 Å². The van der Waals surface area contributed by atoms with Crippen molar-refractivity contribution in [2.45, 2.75) is 39.2 Å². The molecular formula is C13H17N3O4. The van der Waals surface area contributed by atoms with Crippen molar-refractivity contribution in [3.63, 3.8) is 0 Å². The summed E-state index contributed by atoms with van der Waals surface area (Å²) in [6, 6.07) is 2.77. The van der Waals surface area contributed by atoms with Crippen molar-refractivity contribution < 1.29 is 14.5 Å². The van der Waals surface area contributed by atoms with Crippen molar-refractivity contribution in [2.75, 3.05) is 11.4 Å². The quantitative estimate of drug-likeness (QED) is 0.623. The van der Waals surface area contributed by atoms with Crippen molar-refractivity contribution in [1.29, 1.82) is 0 Å². The zero-order chi connectivity index (χ0) is 14.9. The molecule has 0 unspecified atom stereocenters. The van der Waals surface area contributed by atoms with Crippen LogP contribution in [0.3, 0.4) is 0 Å². The first-order valence-corrected chi connectivity index (χ1v) is 6.53. The molecule has 0 saturated heterocycles. The molecule has 1 amide bonds. The van der Waals surface area contributed by atoms with Gasteiger partial charge in [0.1, 0.15) is 0 Å². The fourth-order valence-corrected chi connectivity index (χ4v) is 2.06. The molecule has 7 heteroatoms. The number of unbranched alkanes of at least 4 members (excludes halogenated alkanes) is 1. The predicted octanol–water partition coefficient (Wildman–Crippen LogP) is 2.29. The highest BCUT2D eigenvalue weighted by Gasteiger charge is 2.43. The minimum Gasteiger partial charge on any atom is -0.472 e. The molecule has 0 aromatic carbocycles. The number of aromatic nitrogens is 1. The third-order valence-electron chi connectivity index (χ3n) is 3.13. The van der Waals surface area contributed by atoms with Crippen LogP contribution in [-0.2, 0) is 4.79 Å². The zero-order valence-corrected chi connectivity index (χ0v) is 11.8. The first-order valence-electron chi connectivity index (χ1n) is 6.53. The molecule has 0 atom stereocenters. The Kier molecular flexibility index (Phi) is 3.61. The Labute approximate surface area is 116 Å². The molecule has 0 bridgehead atoms. The summed E-state index contributed by atoms with van der Waals surface area (Å²) in [7, 11) is 0. The van der Waals surface area contributed by atoms with Crippen LogP contribution in [0.1, 0.15) is 33.6 Å². The van der Waals surface area contributed by atoms with Crippen molar-refractivity contribution in [3.05, 3.63) is 22.2 Å². The maximum absolute atomic E-state index is 12.4. The van der Waals surface area contributed by atoms with Crippen LogP contribution in [0.2, 0.25) is 0 Å². The number of fused-ring (bicyclic) bond motifs is 1. The van der Waals surface area contributed by atoms with Gasteiger partial charge in [-0.2, -0.15) is 0 Å². The monoisotopic (exact) mass is 279 g/mol. The van der Waals surface area contributed by atoms with Gasteiger partial charge in [-0.3, -0.25) is 9.69 Å². The van der Waals surface area contributed by atoms with Crippen LogP contribution in [0.5, 0.6) is 5.75 Å². The number of pyridine rings is 1. The molecule has 0 fully saturated rings. The SMILES string of the molecule is CCCCN1C(=O)C(C)(C)Oc2ccc([N+](=O)[O-])nc21. The molecule has 0 N–H and O–H groups in total. The second kappa shape index (κ2) is 5.07. The van der Waals surface area contributed by atoms with Gasteiger partial charge in [-0.15, -0.1) is 0 Å². The molecule has 20 heavy (non-hydrogen) atoms. The number of carbonyl (C=O) groups excluding carboxylic acids is 1. The normalized spacial score (nSPS) is 16.6. The number of carbonyl (C=O) groups is 1. The Bertz CT molecular complexity index is 557. The Hall–Kier alpha value is -2.18. The molecule has 2 rings (SSSR count). The summed E-state index contributed by atoms with van der Waals surface area (Å²) in [6.45, 7) is 5.85. The number of ether oxygens (including phenoxy) is 1. The first-order chi connectivity index (χ1) is 9.36. The number of rotatable bonds is 4. The van der Waals surface area contributed by atoms with E-state index in [2.05, 4.69) is 4.98 Å². The van der Waals surface area contributed by atoms with E-state index in [0.29, 0.717) is 12.3 Å². The number of hydrogen-bond acceptors (Lipinski definition) is 5. The second-order valence-corrected chi connectivity index (χ2v) is 5.17. The summed E-state index contributed by atoms with van der Waals surface area (Å²) in [4.78, 5) is 28.0. The van der Waals surface area contributed by atoms with Crippen LogP contribution >= 0.6 is 0 Å². The van der Waals surface area contributed by atoms with E-state index in [1.165, 1.54) is 17.0 Å². The minimum atomic E-state index is -0.988. The molecule has 2 heterocycles. The summed E-state index contributed by atoms with van der Waals surface area (Å²) < 4.78 is 5.60. The van der Waals surface area contributed by atoms with E-state index in [1.54, 1.807) is 13.8 Å². The second-order valence-electron chi connectivity index (χ2n) is 5.17. The Morgan fingerprint density at radius 3 is 2.75 bits per heavy atom. The Balaban J connectivity index is 2.47. The molecule has 1 aliphatic rings. The molecule has 0 aliphatic carbocycles. The van der Waals surface area contributed by atoms with Gasteiger partial charge in [-0.05, 0) is 36.2 Å². The fourth-order valence-electron chi connectivity index (χ4n) is 2.06. The van der Waals surface area contributed by atoms with E-state index >= 15 is 0 Å². The lowest BCUT2D eigenvalue weighted by Gasteiger charge is -2.35. The number of nitro groups is 1. The van der Waals surface area contributed by atoms with E-state index in [9.17, 15) is 14.9 Å². The van der Waals surface area contributed by atoms with Gasteiger partial charge in [0, 0.05) is 12.6 Å². The number of amides is 1. The fraction of sp³-hybridized carbons (Fsp3) is 0.538. The van der Waals surface area contributed by atoms with Crippen LogP contribution in [0, 0.1) is 10.1 Å². The van der Waals surface area contributed by atoms with Crippen molar-refractivity contribution in [2.24, 2.45) is 0 Å². The van der Waals surface area contributed by atoms with E-state index in [4.69, 9.17) is 4.74 Å². The number of nitrogens with zero attached hydrogens (tertiary/aromatic N) is 3. The first kappa shape index (κ1) is 14.2. The third-order valence-corrected chi connectivity index (χ3v) is 3.13. The van der Waals surface area contributed by atoms with Crippen LogP contribution in [-0.4, -0.2) is 28.0 Å². The molecule has 1 aromatic heterocycles. The predicted molar refractivity (Wildman–Crippen MR) is 72.9 cm³/mol. The van der Waals surface area contributed by atoms with Crippen LogP contribution in [0.4, 0.5) is 11.6 Å². The highest BCUT2D eigenvalue weighted by molar-refractivity contribution is 6.01. The Morgan fingerprint density at radius 2 is 2.15 bits per heavy atom. The topological polar surface area (TPSA) is 85.6 Å². The van der Waals surface area contributed by atoms with Gasteiger partial charge in [0.2, 0.25) is 0 Å². The van der Waals surface area contributed by atoms with Crippen molar-refractivity contribution in [3.8, 4) is 5.75 Å². The van der Waals surface area contributed by atoms with Crippen LogP contribution < -0.4 is 9.64 Å².